The van der Waals surface area contributed by atoms with Crippen LogP contribution in [-0.2, 0) is 0 Å². The molecule has 0 unspecified atom stereocenters. The molecule has 0 amide bonds. The first-order chi connectivity index (χ1) is 15.8. The predicted octanol–water partition coefficient (Wildman–Crippen LogP) is 9.18. The monoisotopic (exact) mass is 431 g/mol. The van der Waals surface area contributed by atoms with Crippen molar-refractivity contribution in [1.82, 2.24) is 0 Å². The molecule has 0 bridgehead atoms. The zero-order valence-electron chi connectivity index (χ0n) is 20.6. The van der Waals surface area contributed by atoms with E-state index >= 15 is 0 Å². The third kappa shape index (κ3) is 5.62. The second kappa shape index (κ2) is 9.50. The minimum atomic E-state index is 1.16. The second-order valence-electron chi connectivity index (χ2n) is 9.37. The number of nitrogens with zero attached hydrogens (tertiary/aromatic N) is 1. The Morgan fingerprint density at radius 2 is 0.758 bits per heavy atom. The van der Waals surface area contributed by atoms with Crippen LogP contribution in [0.3, 0.4) is 0 Å². The molecule has 0 aliphatic rings. The van der Waals surface area contributed by atoms with Gasteiger partial charge in [-0.2, -0.15) is 0 Å². The van der Waals surface area contributed by atoms with Crippen molar-refractivity contribution in [2.24, 2.45) is 0 Å². The molecular weight excluding hydrogens is 398 g/mol. The van der Waals surface area contributed by atoms with E-state index in [1.807, 2.05) is 0 Å². The van der Waals surface area contributed by atoms with Gasteiger partial charge in [-0.1, -0.05) is 65.7 Å². The van der Waals surface area contributed by atoms with E-state index in [0.29, 0.717) is 0 Å². The molecule has 4 aromatic carbocycles. The van der Waals surface area contributed by atoms with E-state index in [-0.39, 0.29) is 0 Å². The molecular formula is C32H33N. The number of aryl methyl sites for hydroxylation is 6. The Bertz CT molecular complexity index is 1200. The van der Waals surface area contributed by atoms with E-state index in [2.05, 4.69) is 137 Å². The molecule has 0 heterocycles. The lowest BCUT2D eigenvalue weighted by Crippen LogP contribution is -2.11. The molecule has 166 valence electrons. The topological polar surface area (TPSA) is 3.24 Å². The lowest BCUT2D eigenvalue weighted by atomic mass is 10.0. The van der Waals surface area contributed by atoms with Crippen LogP contribution >= 0.6 is 0 Å². The summed E-state index contributed by atoms with van der Waals surface area (Å²) in [5.74, 6) is 0. The molecule has 4 rings (SSSR count). The Kier molecular flexibility index (Phi) is 6.51. The Morgan fingerprint density at radius 1 is 0.394 bits per heavy atom. The number of anilines is 3. The first-order valence-electron chi connectivity index (χ1n) is 11.6. The van der Waals surface area contributed by atoms with Crippen LogP contribution in [0.4, 0.5) is 17.1 Å². The molecule has 0 aliphatic heterocycles. The fourth-order valence-corrected chi connectivity index (χ4v) is 4.64. The Morgan fingerprint density at radius 3 is 1.18 bits per heavy atom. The highest BCUT2D eigenvalue weighted by molar-refractivity contribution is 5.79. The molecule has 0 fully saturated rings. The highest BCUT2D eigenvalue weighted by Gasteiger charge is 2.14. The predicted molar refractivity (Wildman–Crippen MR) is 145 cm³/mol. The third-order valence-corrected chi connectivity index (χ3v) is 5.79. The Labute approximate surface area is 199 Å². The summed E-state index contributed by atoms with van der Waals surface area (Å²) in [4.78, 5) is 2.36. The van der Waals surface area contributed by atoms with Crippen LogP contribution in [0.1, 0.15) is 44.5 Å². The minimum absolute atomic E-state index is 1.16. The zero-order valence-corrected chi connectivity index (χ0v) is 20.6. The maximum Gasteiger partial charge on any atom is 0.0466 e. The maximum absolute atomic E-state index is 2.36. The largest absolute Gasteiger partial charge is 0.310 e. The Hall–Kier alpha value is -3.58. The van der Waals surface area contributed by atoms with Crippen LogP contribution in [0.5, 0.6) is 0 Å². The molecule has 1 nitrogen and oxygen atoms in total. The number of rotatable bonds is 5. The van der Waals surface area contributed by atoms with Crippen LogP contribution in [0.25, 0.3) is 12.2 Å². The first-order valence-corrected chi connectivity index (χ1v) is 11.6. The quantitative estimate of drug-likeness (QED) is 0.285. The van der Waals surface area contributed by atoms with Gasteiger partial charge in [-0.25, -0.2) is 0 Å². The van der Waals surface area contributed by atoms with Gasteiger partial charge >= 0.3 is 0 Å². The van der Waals surface area contributed by atoms with Crippen LogP contribution in [0.2, 0.25) is 0 Å². The van der Waals surface area contributed by atoms with Crippen LogP contribution < -0.4 is 4.90 Å². The van der Waals surface area contributed by atoms with Crippen molar-refractivity contribution in [2.75, 3.05) is 4.90 Å². The molecule has 0 aliphatic carbocycles. The van der Waals surface area contributed by atoms with Crippen LogP contribution in [-0.4, -0.2) is 0 Å². The first kappa shape index (κ1) is 22.6. The molecule has 33 heavy (non-hydrogen) atoms. The van der Waals surface area contributed by atoms with Crippen molar-refractivity contribution in [2.45, 2.75) is 41.5 Å². The highest BCUT2D eigenvalue weighted by Crippen LogP contribution is 2.36. The van der Waals surface area contributed by atoms with Crippen LogP contribution in [0.15, 0.2) is 78.9 Å². The summed E-state index contributed by atoms with van der Waals surface area (Å²) in [5, 5.41) is 0. The van der Waals surface area contributed by atoms with Gasteiger partial charge in [-0.3, -0.25) is 0 Å². The lowest BCUT2D eigenvalue weighted by molar-refractivity contribution is 1.23. The van der Waals surface area contributed by atoms with Gasteiger partial charge in [-0.15, -0.1) is 0 Å². The van der Waals surface area contributed by atoms with Gasteiger partial charge in [0, 0.05) is 17.1 Å². The van der Waals surface area contributed by atoms with Gasteiger partial charge < -0.3 is 4.90 Å². The molecule has 0 N–H and O–H groups in total. The average molecular weight is 432 g/mol. The Balaban J connectivity index is 1.72. The van der Waals surface area contributed by atoms with Gasteiger partial charge in [0.25, 0.3) is 0 Å². The average Bonchev–Trinajstić information content (AvgIpc) is 2.71. The molecule has 0 spiro atoms. The number of hydrogen-bond acceptors (Lipinski definition) is 1. The van der Waals surface area contributed by atoms with Gasteiger partial charge in [0.05, 0.1) is 0 Å². The van der Waals surface area contributed by atoms with Crippen molar-refractivity contribution < 1.29 is 0 Å². The fraction of sp³-hybridized carbons (Fsp3) is 0.188. The van der Waals surface area contributed by atoms with Gasteiger partial charge in [0.2, 0.25) is 0 Å². The van der Waals surface area contributed by atoms with Gasteiger partial charge in [-0.05, 0) is 111 Å². The summed E-state index contributed by atoms with van der Waals surface area (Å²) in [5.41, 5.74) is 13.6. The molecule has 4 aromatic rings. The van der Waals surface area contributed by atoms with E-state index in [0.717, 1.165) is 5.69 Å². The molecule has 0 saturated heterocycles. The van der Waals surface area contributed by atoms with E-state index in [1.165, 1.54) is 55.9 Å². The van der Waals surface area contributed by atoms with Crippen molar-refractivity contribution in [3.8, 4) is 0 Å². The lowest BCUT2D eigenvalue weighted by Gasteiger charge is -2.27. The molecule has 0 radical (unpaired) electrons. The molecule has 0 aromatic heterocycles. The fourth-order valence-electron chi connectivity index (χ4n) is 4.64. The van der Waals surface area contributed by atoms with Gasteiger partial charge in [0.1, 0.15) is 0 Å². The summed E-state index contributed by atoms with van der Waals surface area (Å²) >= 11 is 0. The van der Waals surface area contributed by atoms with E-state index in [9.17, 15) is 0 Å². The van der Waals surface area contributed by atoms with Crippen molar-refractivity contribution >= 4 is 29.2 Å². The smallest absolute Gasteiger partial charge is 0.0466 e. The summed E-state index contributed by atoms with van der Waals surface area (Å²) < 4.78 is 0. The molecule has 1 heteroatoms. The molecule has 0 atom stereocenters. The summed E-state index contributed by atoms with van der Waals surface area (Å²) in [7, 11) is 0. The van der Waals surface area contributed by atoms with Gasteiger partial charge in [0.15, 0.2) is 0 Å². The normalized spacial score (nSPS) is 11.2. The highest BCUT2D eigenvalue weighted by atomic mass is 15.1. The SMILES string of the molecule is Cc1cc(C)cc(C=Cc2ccc(N(c3cc(C)cc(C)c3)c3cc(C)cc(C)c3)cc2)c1. The van der Waals surface area contributed by atoms with E-state index in [1.54, 1.807) is 0 Å². The summed E-state index contributed by atoms with van der Waals surface area (Å²) in [6, 6.07) is 29.0. The molecule has 0 saturated carbocycles. The second-order valence-corrected chi connectivity index (χ2v) is 9.37. The van der Waals surface area contributed by atoms with E-state index in [4.69, 9.17) is 0 Å². The minimum Gasteiger partial charge on any atom is -0.310 e. The summed E-state index contributed by atoms with van der Waals surface area (Å²) in [6.45, 7) is 12.9. The number of benzene rings is 4. The standard InChI is InChI=1S/C32H33N/c1-22-13-23(2)17-29(16-22)8-7-28-9-11-30(12-10-28)33(31-18-24(3)14-25(4)19-31)32-20-26(5)15-27(6)21-32/h7-21H,1-6H3. The zero-order chi connectivity index (χ0) is 23.5. The third-order valence-electron chi connectivity index (χ3n) is 5.79. The van der Waals surface area contributed by atoms with Crippen molar-refractivity contribution in [1.29, 1.82) is 0 Å². The maximum atomic E-state index is 2.36. The van der Waals surface area contributed by atoms with E-state index < -0.39 is 0 Å². The number of hydrogen-bond donors (Lipinski definition) is 0. The van der Waals surface area contributed by atoms with Crippen molar-refractivity contribution in [3.05, 3.63) is 123 Å². The summed E-state index contributed by atoms with van der Waals surface area (Å²) in [6.07, 6.45) is 4.39. The van der Waals surface area contributed by atoms with Crippen LogP contribution in [0, 0.1) is 41.5 Å². The van der Waals surface area contributed by atoms with Crippen molar-refractivity contribution in [3.63, 3.8) is 0 Å².